The second-order valence-electron chi connectivity index (χ2n) is 7.39. The first kappa shape index (κ1) is 16.7. The number of ether oxygens (including phenoxy) is 1. The van der Waals surface area contributed by atoms with Gasteiger partial charge in [-0.15, -0.1) is 0 Å². The lowest BCUT2D eigenvalue weighted by molar-refractivity contribution is -0.137. The third kappa shape index (κ3) is 2.69. The van der Waals surface area contributed by atoms with Crippen molar-refractivity contribution >= 4 is 16.5 Å². The van der Waals surface area contributed by atoms with Gasteiger partial charge in [0, 0.05) is 5.56 Å². The maximum Gasteiger partial charge on any atom is 0.416 e. The number of thiazole rings is 1. The van der Waals surface area contributed by atoms with E-state index in [4.69, 9.17) is 10.5 Å². The van der Waals surface area contributed by atoms with E-state index in [1.54, 1.807) is 0 Å². The summed E-state index contributed by atoms with van der Waals surface area (Å²) in [5.74, 6) is 1.11. The summed E-state index contributed by atoms with van der Waals surface area (Å²) < 4.78 is 45.7. The number of fused-ring (bicyclic) bond motifs is 4. The van der Waals surface area contributed by atoms with Gasteiger partial charge in [-0.1, -0.05) is 25.2 Å². The van der Waals surface area contributed by atoms with Crippen LogP contribution in [0.5, 0.6) is 5.75 Å². The number of benzene rings is 1. The number of rotatable bonds is 0. The zero-order chi connectivity index (χ0) is 18.0. The third-order valence-electron chi connectivity index (χ3n) is 5.09. The number of hydrogen-bond donors (Lipinski definition) is 1. The Hall–Kier alpha value is -1.76. The van der Waals surface area contributed by atoms with Crippen LogP contribution in [0.4, 0.5) is 18.3 Å². The molecule has 2 aliphatic rings. The van der Waals surface area contributed by atoms with Crippen LogP contribution >= 0.6 is 11.3 Å². The molecule has 1 aliphatic heterocycles. The molecule has 1 fully saturated rings. The highest BCUT2D eigenvalue weighted by molar-refractivity contribution is 7.16. The minimum atomic E-state index is -4.40. The molecule has 4 rings (SSSR count). The summed E-state index contributed by atoms with van der Waals surface area (Å²) in [5.41, 5.74) is 5.89. The highest BCUT2D eigenvalue weighted by Gasteiger charge is 2.48. The fourth-order valence-corrected chi connectivity index (χ4v) is 5.39. The van der Waals surface area contributed by atoms with Gasteiger partial charge in [0.25, 0.3) is 0 Å². The predicted molar refractivity (Wildman–Crippen MR) is 91.4 cm³/mol. The minimum absolute atomic E-state index is 0.258. The van der Waals surface area contributed by atoms with Gasteiger partial charge in [-0.3, -0.25) is 0 Å². The van der Waals surface area contributed by atoms with E-state index in [2.05, 4.69) is 18.8 Å². The summed E-state index contributed by atoms with van der Waals surface area (Å²) >= 11 is 1.39. The van der Waals surface area contributed by atoms with Crippen molar-refractivity contribution in [2.24, 2.45) is 11.8 Å². The van der Waals surface area contributed by atoms with Crippen LogP contribution in [0.25, 0.3) is 11.3 Å². The second kappa shape index (κ2) is 5.37. The largest absolute Gasteiger partial charge is 0.481 e. The molecular weight excluding hydrogens is 349 g/mol. The number of halogens is 3. The van der Waals surface area contributed by atoms with Crippen molar-refractivity contribution in [2.45, 2.75) is 44.9 Å². The Morgan fingerprint density at radius 3 is 2.56 bits per heavy atom. The van der Waals surface area contributed by atoms with E-state index in [9.17, 15) is 13.2 Å². The van der Waals surface area contributed by atoms with Gasteiger partial charge in [0.1, 0.15) is 11.4 Å². The molecular formula is C18H19F3N2OS. The second-order valence-corrected chi connectivity index (χ2v) is 8.42. The van der Waals surface area contributed by atoms with Crippen LogP contribution in [-0.2, 0) is 11.8 Å². The average Bonchev–Trinajstić information content (AvgIpc) is 2.87. The summed E-state index contributed by atoms with van der Waals surface area (Å²) in [7, 11) is 0. The Balaban J connectivity index is 1.89. The molecule has 2 N–H and O–H groups in total. The van der Waals surface area contributed by atoms with E-state index in [1.165, 1.54) is 17.4 Å². The molecule has 134 valence electrons. The van der Waals surface area contributed by atoms with Crippen molar-refractivity contribution in [3.05, 3.63) is 28.6 Å². The van der Waals surface area contributed by atoms with Gasteiger partial charge >= 0.3 is 6.18 Å². The van der Waals surface area contributed by atoms with Crippen LogP contribution in [0, 0.1) is 11.8 Å². The van der Waals surface area contributed by atoms with Crippen molar-refractivity contribution in [1.29, 1.82) is 0 Å². The van der Waals surface area contributed by atoms with Crippen molar-refractivity contribution in [2.75, 3.05) is 5.73 Å². The lowest BCUT2D eigenvalue weighted by Gasteiger charge is -2.45. The van der Waals surface area contributed by atoms with Gasteiger partial charge < -0.3 is 10.5 Å². The monoisotopic (exact) mass is 368 g/mol. The van der Waals surface area contributed by atoms with Gasteiger partial charge in [0.2, 0.25) is 0 Å². The zero-order valence-corrected chi connectivity index (χ0v) is 14.8. The lowest BCUT2D eigenvalue weighted by Crippen LogP contribution is -2.42. The van der Waals surface area contributed by atoms with Gasteiger partial charge in [-0.2, -0.15) is 13.2 Å². The topological polar surface area (TPSA) is 48.1 Å². The predicted octanol–water partition coefficient (Wildman–Crippen LogP) is 5.45. The first-order valence-corrected chi connectivity index (χ1v) is 9.17. The van der Waals surface area contributed by atoms with E-state index < -0.39 is 17.3 Å². The van der Waals surface area contributed by atoms with Crippen LogP contribution in [0.15, 0.2) is 18.2 Å². The Kier molecular flexibility index (Phi) is 3.58. The fraction of sp³-hybridized carbons (Fsp3) is 0.500. The minimum Gasteiger partial charge on any atom is -0.481 e. The first-order valence-electron chi connectivity index (χ1n) is 8.35. The Morgan fingerprint density at radius 1 is 1.24 bits per heavy atom. The number of nitrogens with zero attached hydrogens (tertiary/aromatic N) is 1. The molecule has 1 saturated carbocycles. The lowest BCUT2D eigenvalue weighted by atomic mass is 9.71. The fourth-order valence-electron chi connectivity index (χ4n) is 4.39. The summed E-state index contributed by atoms with van der Waals surface area (Å²) in [6, 6.07) is 3.61. The van der Waals surface area contributed by atoms with E-state index in [0.717, 1.165) is 36.3 Å². The molecule has 1 spiro atoms. The molecule has 2 aromatic rings. The smallest absolute Gasteiger partial charge is 0.416 e. The SMILES string of the molecule is CC1CC(C)CC2(C1)Oc1cc(C(F)(F)F)ccc1-c1nc(N)sc12. The summed E-state index contributed by atoms with van der Waals surface area (Å²) in [6.07, 6.45) is -1.78. The Labute approximate surface area is 148 Å². The third-order valence-corrected chi connectivity index (χ3v) is 6.16. The molecule has 3 nitrogen and oxygen atoms in total. The maximum absolute atomic E-state index is 13.1. The molecule has 0 amide bonds. The van der Waals surface area contributed by atoms with Crippen molar-refractivity contribution in [3.63, 3.8) is 0 Å². The summed E-state index contributed by atoms with van der Waals surface area (Å²) in [6.45, 7) is 4.32. The highest BCUT2D eigenvalue weighted by atomic mass is 32.1. The number of alkyl halides is 3. The van der Waals surface area contributed by atoms with Crippen LogP contribution in [0.2, 0.25) is 0 Å². The van der Waals surface area contributed by atoms with Gasteiger partial charge in [0.15, 0.2) is 5.13 Å². The van der Waals surface area contributed by atoms with E-state index >= 15 is 0 Å². The van der Waals surface area contributed by atoms with Crippen LogP contribution in [-0.4, -0.2) is 4.98 Å². The summed E-state index contributed by atoms with van der Waals surface area (Å²) in [4.78, 5) is 5.37. The molecule has 7 heteroatoms. The molecule has 2 unspecified atom stereocenters. The molecule has 0 radical (unpaired) electrons. The van der Waals surface area contributed by atoms with Crippen LogP contribution < -0.4 is 10.5 Å². The zero-order valence-electron chi connectivity index (χ0n) is 14.0. The van der Waals surface area contributed by atoms with Crippen LogP contribution in [0.1, 0.15) is 43.6 Å². The number of hydrogen-bond acceptors (Lipinski definition) is 4. The van der Waals surface area contributed by atoms with E-state index in [0.29, 0.717) is 28.2 Å². The number of anilines is 1. The van der Waals surface area contributed by atoms with E-state index in [1.807, 2.05) is 0 Å². The van der Waals surface area contributed by atoms with Gasteiger partial charge in [-0.05, 0) is 49.3 Å². The maximum atomic E-state index is 13.1. The Bertz CT molecular complexity index is 820. The quantitative estimate of drug-likeness (QED) is 0.672. The number of nitrogens with two attached hydrogens (primary N) is 1. The molecule has 0 saturated heterocycles. The molecule has 25 heavy (non-hydrogen) atoms. The summed E-state index contributed by atoms with van der Waals surface area (Å²) in [5, 5.41) is 0.423. The molecule has 2 atom stereocenters. The highest BCUT2D eigenvalue weighted by Crippen LogP contribution is 2.55. The molecule has 1 aliphatic carbocycles. The average molecular weight is 368 g/mol. The van der Waals surface area contributed by atoms with Crippen molar-refractivity contribution < 1.29 is 17.9 Å². The molecule has 1 aromatic heterocycles. The van der Waals surface area contributed by atoms with E-state index in [-0.39, 0.29) is 5.75 Å². The van der Waals surface area contributed by atoms with Gasteiger partial charge in [-0.25, -0.2) is 4.98 Å². The van der Waals surface area contributed by atoms with Crippen molar-refractivity contribution in [3.8, 4) is 17.0 Å². The van der Waals surface area contributed by atoms with Crippen molar-refractivity contribution in [1.82, 2.24) is 4.98 Å². The molecule has 0 bridgehead atoms. The molecule has 1 aromatic carbocycles. The molecule has 2 heterocycles. The normalized spacial score (nSPS) is 28.4. The van der Waals surface area contributed by atoms with Gasteiger partial charge in [0.05, 0.1) is 16.1 Å². The van der Waals surface area contributed by atoms with Crippen LogP contribution in [0.3, 0.4) is 0 Å². The standard InChI is InChI=1S/C18H19F3N2OS/c1-9-5-10(2)8-17(7-9)15-14(23-16(22)25-15)12-4-3-11(18(19,20)21)6-13(12)24-17/h3-4,6,9-10H,5,7-8H2,1-2H3,(H2,22,23). The Morgan fingerprint density at radius 2 is 1.92 bits per heavy atom. The number of aromatic nitrogens is 1. The first-order chi connectivity index (χ1) is 11.7. The number of nitrogen functional groups attached to an aromatic ring is 1.